The first-order valence-electron chi connectivity index (χ1n) is 6.93. The third-order valence-electron chi connectivity index (χ3n) is 4.37. The molecule has 0 bridgehead atoms. The normalized spacial score (nSPS) is 27.0. The van der Waals surface area contributed by atoms with Crippen molar-refractivity contribution in [2.45, 2.75) is 79.2 Å². The van der Waals surface area contributed by atoms with Crippen LogP contribution in [-0.2, 0) is 0 Å². The standard InChI is InChI=1S/C15H31N/c1-7-12(8-2)15(16)10-13(3,4)9-14(5,6)11-15/h12H,7-11,16H2,1-6H3. The molecule has 0 spiro atoms. The Bertz CT molecular complexity index is 220. The maximum atomic E-state index is 6.78. The second-order valence-corrected chi connectivity index (χ2v) is 7.61. The van der Waals surface area contributed by atoms with E-state index in [1.54, 1.807) is 0 Å². The van der Waals surface area contributed by atoms with Gasteiger partial charge in [-0.2, -0.15) is 0 Å². The van der Waals surface area contributed by atoms with Crippen LogP contribution >= 0.6 is 0 Å². The SMILES string of the molecule is CCC(CC)C1(N)CC(C)(C)CC(C)(C)C1. The molecule has 0 heterocycles. The van der Waals surface area contributed by atoms with Gasteiger partial charge in [-0.25, -0.2) is 0 Å². The topological polar surface area (TPSA) is 26.0 Å². The summed E-state index contributed by atoms with van der Waals surface area (Å²) in [5.74, 6) is 0.686. The Kier molecular flexibility index (Phi) is 3.79. The van der Waals surface area contributed by atoms with Crippen LogP contribution in [0.2, 0.25) is 0 Å². The number of nitrogens with two attached hydrogens (primary N) is 1. The lowest BCUT2D eigenvalue weighted by Crippen LogP contribution is -2.56. The van der Waals surface area contributed by atoms with E-state index in [9.17, 15) is 0 Å². The minimum Gasteiger partial charge on any atom is -0.325 e. The van der Waals surface area contributed by atoms with E-state index in [4.69, 9.17) is 5.73 Å². The highest BCUT2D eigenvalue weighted by Gasteiger charge is 2.47. The van der Waals surface area contributed by atoms with E-state index >= 15 is 0 Å². The third kappa shape index (κ3) is 3.00. The largest absolute Gasteiger partial charge is 0.325 e. The van der Waals surface area contributed by atoms with Crippen molar-refractivity contribution >= 4 is 0 Å². The lowest BCUT2D eigenvalue weighted by atomic mass is 9.55. The molecule has 0 aromatic heterocycles. The number of hydrogen-bond donors (Lipinski definition) is 1. The van der Waals surface area contributed by atoms with Crippen molar-refractivity contribution in [1.29, 1.82) is 0 Å². The molecule has 0 amide bonds. The van der Waals surface area contributed by atoms with Crippen molar-refractivity contribution < 1.29 is 0 Å². The van der Waals surface area contributed by atoms with Crippen LogP contribution in [0.1, 0.15) is 73.6 Å². The van der Waals surface area contributed by atoms with Gasteiger partial charge in [0.2, 0.25) is 0 Å². The lowest BCUT2D eigenvalue weighted by Gasteiger charge is -2.53. The van der Waals surface area contributed by atoms with E-state index in [0.29, 0.717) is 16.7 Å². The van der Waals surface area contributed by atoms with Crippen LogP contribution in [0.4, 0.5) is 0 Å². The highest BCUT2D eigenvalue weighted by atomic mass is 14.8. The predicted molar refractivity (Wildman–Crippen MR) is 72.4 cm³/mol. The molecule has 1 rings (SSSR count). The molecule has 2 N–H and O–H groups in total. The first kappa shape index (κ1) is 14.0. The smallest absolute Gasteiger partial charge is 0.0192 e. The zero-order valence-electron chi connectivity index (χ0n) is 12.2. The summed E-state index contributed by atoms with van der Waals surface area (Å²) in [6.07, 6.45) is 6.13. The van der Waals surface area contributed by atoms with E-state index in [-0.39, 0.29) is 5.54 Å². The molecule has 1 nitrogen and oxygen atoms in total. The summed E-state index contributed by atoms with van der Waals surface area (Å²) < 4.78 is 0. The van der Waals surface area contributed by atoms with Crippen molar-refractivity contribution in [3.63, 3.8) is 0 Å². The molecule has 0 aromatic carbocycles. The quantitative estimate of drug-likeness (QED) is 0.759. The maximum absolute atomic E-state index is 6.78. The number of rotatable bonds is 3. The summed E-state index contributed by atoms with van der Waals surface area (Å²) in [6, 6.07) is 0. The first-order valence-corrected chi connectivity index (χ1v) is 6.93. The Morgan fingerprint density at radius 3 is 1.56 bits per heavy atom. The summed E-state index contributed by atoms with van der Waals surface area (Å²) in [6.45, 7) is 14.1. The predicted octanol–water partition coefficient (Wildman–Crippen LogP) is 4.36. The molecule has 0 unspecified atom stereocenters. The number of hydrogen-bond acceptors (Lipinski definition) is 1. The molecule has 1 aliphatic carbocycles. The molecule has 1 fully saturated rings. The second-order valence-electron chi connectivity index (χ2n) is 7.61. The van der Waals surface area contributed by atoms with Gasteiger partial charge in [0.05, 0.1) is 0 Å². The molecule has 0 radical (unpaired) electrons. The summed E-state index contributed by atoms with van der Waals surface area (Å²) in [5, 5.41) is 0. The van der Waals surface area contributed by atoms with Crippen molar-refractivity contribution in [1.82, 2.24) is 0 Å². The van der Waals surface area contributed by atoms with Gasteiger partial charge in [0, 0.05) is 5.54 Å². The highest BCUT2D eigenvalue weighted by Crippen LogP contribution is 2.52. The fourth-order valence-electron chi connectivity index (χ4n) is 4.66. The molecule has 96 valence electrons. The van der Waals surface area contributed by atoms with Crippen LogP contribution in [0.5, 0.6) is 0 Å². The van der Waals surface area contributed by atoms with Crippen LogP contribution in [0.25, 0.3) is 0 Å². The van der Waals surface area contributed by atoms with Crippen molar-refractivity contribution in [3.05, 3.63) is 0 Å². The lowest BCUT2D eigenvalue weighted by molar-refractivity contribution is 0.0155. The van der Waals surface area contributed by atoms with E-state index in [0.717, 1.165) is 0 Å². The van der Waals surface area contributed by atoms with Crippen LogP contribution in [0.3, 0.4) is 0 Å². The van der Waals surface area contributed by atoms with Gasteiger partial charge in [-0.15, -0.1) is 0 Å². The molecule has 0 aliphatic heterocycles. The third-order valence-corrected chi connectivity index (χ3v) is 4.37. The van der Waals surface area contributed by atoms with Crippen LogP contribution in [0.15, 0.2) is 0 Å². The fourth-order valence-corrected chi connectivity index (χ4v) is 4.66. The molecule has 1 saturated carbocycles. The van der Waals surface area contributed by atoms with Crippen molar-refractivity contribution in [3.8, 4) is 0 Å². The van der Waals surface area contributed by atoms with E-state index in [1.807, 2.05) is 0 Å². The van der Waals surface area contributed by atoms with Gasteiger partial charge >= 0.3 is 0 Å². The van der Waals surface area contributed by atoms with Gasteiger partial charge in [0.1, 0.15) is 0 Å². The maximum Gasteiger partial charge on any atom is 0.0192 e. The highest BCUT2D eigenvalue weighted by molar-refractivity contribution is 5.03. The molecular formula is C15H31N. The molecule has 0 saturated heterocycles. The Morgan fingerprint density at radius 2 is 1.25 bits per heavy atom. The Morgan fingerprint density at radius 1 is 0.875 bits per heavy atom. The molecule has 1 heteroatoms. The van der Waals surface area contributed by atoms with Gasteiger partial charge in [-0.05, 0) is 36.0 Å². The minimum atomic E-state index is 0.0642. The van der Waals surface area contributed by atoms with Gasteiger partial charge in [-0.1, -0.05) is 54.4 Å². The Balaban J connectivity index is 2.95. The van der Waals surface area contributed by atoms with Gasteiger partial charge < -0.3 is 5.73 Å². The van der Waals surface area contributed by atoms with E-state index in [2.05, 4.69) is 41.5 Å². The molecule has 1 aliphatic rings. The second kappa shape index (κ2) is 4.33. The zero-order chi connectivity index (χ0) is 12.6. The van der Waals surface area contributed by atoms with E-state index < -0.39 is 0 Å². The molecule has 0 aromatic rings. The van der Waals surface area contributed by atoms with Gasteiger partial charge in [0.15, 0.2) is 0 Å². The Hall–Kier alpha value is -0.0400. The molecule has 16 heavy (non-hydrogen) atoms. The summed E-state index contributed by atoms with van der Waals surface area (Å²) in [7, 11) is 0. The molecule has 0 atom stereocenters. The van der Waals surface area contributed by atoms with Gasteiger partial charge in [0.25, 0.3) is 0 Å². The van der Waals surface area contributed by atoms with Crippen LogP contribution < -0.4 is 5.73 Å². The van der Waals surface area contributed by atoms with Gasteiger partial charge in [-0.3, -0.25) is 0 Å². The summed E-state index contributed by atoms with van der Waals surface area (Å²) in [5.41, 5.74) is 7.64. The average molecular weight is 225 g/mol. The summed E-state index contributed by atoms with van der Waals surface area (Å²) >= 11 is 0. The monoisotopic (exact) mass is 225 g/mol. The zero-order valence-corrected chi connectivity index (χ0v) is 12.2. The molecular weight excluding hydrogens is 194 g/mol. The minimum absolute atomic E-state index is 0.0642. The van der Waals surface area contributed by atoms with Crippen molar-refractivity contribution in [2.24, 2.45) is 22.5 Å². The van der Waals surface area contributed by atoms with Crippen LogP contribution in [-0.4, -0.2) is 5.54 Å². The first-order chi connectivity index (χ1) is 7.14. The van der Waals surface area contributed by atoms with Crippen LogP contribution in [0, 0.1) is 16.7 Å². The average Bonchev–Trinajstić information content (AvgIpc) is 1.97. The van der Waals surface area contributed by atoms with Crippen molar-refractivity contribution in [2.75, 3.05) is 0 Å². The van der Waals surface area contributed by atoms with E-state index in [1.165, 1.54) is 32.1 Å². The Labute approximate surface area is 102 Å². The fraction of sp³-hybridized carbons (Fsp3) is 1.00. The summed E-state index contributed by atoms with van der Waals surface area (Å²) in [4.78, 5) is 0.